The van der Waals surface area contributed by atoms with E-state index in [-0.39, 0.29) is 5.75 Å². The maximum atomic E-state index is 12.3. The molecule has 0 amide bonds. The number of ether oxygens (including phenoxy) is 1. The Balaban J connectivity index is 1.53. The molecule has 2 aromatic heterocycles. The van der Waals surface area contributed by atoms with Crippen molar-refractivity contribution in [3.05, 3.63) is 70.9 Å². The van der Waals surface area contributed by atoms with Gasteiger partial charge >= 0.3 is 6.36 Å². The Morgan fingerprint density at radius 3 is 2.57 bits per heavy atom. The fraction of sp³-hybridized carbons (Fsp3) is 0.190. The molecule has 5 nitrogen and oxygen atoms in total. The van der Waals surface area contributed by atoms with Gasteiger partial charge in [0.2, 0.25) is 5.82 Å². The summed E-state index contributed by atoms with van der Waals surface area (Å²) in [5.74, 6) is 0.990. The van der Waals surface area contributed by atoms with Gasteiger partial charge in [-0.2, -0.15) is 0 Å². The van der Waals surface area contributed by atoms with Crippen molar-refractivity contribution in [1.82, 2.24) is 19.7 Å². The third-order valence-electron chi connectivity index (χ3n) is 4.27. The van der Waals surface area contributed by atoms with E-state index in [0.29, 0.717) is 28.6 Å². The van der Waals surface area contributed by atoms with E-state index in [1.54, 1.807) is 4.68 Å². The van der Waals surface area contributed by atoms with E-state index < -0.39 is 6.36 Å². The van der Waals surface area contributed by atoms with Crippen LogP contribution in [0.1, 0.15) is 17.0 Å². The van der Waals surface area contributed by atoms with Gasteiger partial charge < -0.3 is 4.74 Å². The largest absolute Gasteiger partial charge is 0.573 e. The molecule has 4 rings (SSSR count). The van der Waals surface area contributed by atoms with Gasteiger partial charge in [-0.25, -0.2) is 14.6 Å². The number of aryl methyl sites for hydroxylation is 2. The lowest BCUT2D eigenvalue weighted by Crippen LogP contribution is -2.16. The number of hydrogen-bond acceptors (Lipinski definition) is 5. The summed E-state index contributed by atoms with van der Waals surface area (Å²) in [5, 5.41) is 7.01. The van der Waals surface area contributed by atoms with Crippen LogP contribution in [-0.2, 0) is 6.54 Å². The Morgan fingerprint density at radius 2 is 1.87 bits per heavy atom. The number of aromatic nitrogens is 4. The van der Waals surface area contributed by atoms with Gasteiger partial charge in [-0.15, -0.1) is 29.6 Å². The summed E-state index contributed by atoms with van der Waals surface area (Å²) in [7, 11) is 0. The second-order valence-electron chi connectivity index (χ2n) is 6.64. The summed E-state index contributed by atoms with van der Waals surface area (Å²) in [5.41, 5.74) is 3.47. The highest BCUT2D eigenvalue weighted by Gasteiger charge is 2.31. The van der Waals surface area contributed by atoms with E-state index in [1.165, 1.54) is 35.6 Å². The Bertz CT molecular complexity index is 1170. The fourth-order valence-corrected chi connectivity index (χ4v) is 3.65. The SMILES string of the molecule is Cc1cc[c]c(Cn2nc(-c3nc(-c4ccc(OC(F)(F)F)cc4)cs3)nc2C)c1. The summed E-state index contributed by atoms with van der Waals surface area (Å²) >= 11 is 1.37. The highest BCUT2D eigenvalue weighted by Crippen LogP contribution is 2.30. The first kappa shape index (κ1) is 20.1. The number of hydrogen-bond donors (Lipinski definition) is 0. The Hall–Kier alpha value is -3.20. The molecule has 0 saturated carbocycles. The smallest absolute Gasteiger partial charge is 0.406 e. The van der Waals surface area contributed by atoms with E-state index in [9.17, 15) is 13.2 Å². The van der Waals surface area contributed by atoms with Crippen LogP contribution in [0.4, 0.5) is 13.2 Å². The number of rotatable bonds is 5. The van der Waals surface area contributed by atoms with Crippen LogP contribution in [0, 0.1) is 19.9 Å². The zero-order chi connectivity index (χ0) is 21.3. The van der Waals surface area contributed by atoms with Gasteiger partial charge in [0, 0.05) is 10.9 Å². The molecule has 0 saturated heterocycles. The van der Waals surface area contributed by atoms with Crippen LogP contribution >= 0.6 is 11.3 Å². The van der Waals surface area contributed by atoms with Crippen molar-refractivity contribution >= 4 is 11.3 Å². The third-order valence-corrected chi connectivity index (χ3v) is 5.11. The highest BCUT2D eigenvalue weighted by atomic mass is 32.1. The second-order valence-corrected chi connectivity index (χ2v) is 7.50. The monoisotopic (exact) mass is 429 g/mol. The fourth-order valence-electron chi connectivity index (χ4n) is 2.89. The number of benzene rings is 2. The number of nitrogens with zero attached hydrogens (tertiary/aromatic N) is 4. The van der Waals surface area contributed by atoms with E-state index >= 15 is 0 Å². The van der Waals surface area contributed by atoms with E-state index in [0.717, 1.165) is 17.0 Å². The molecule has 1 radical (unpaired) electrons. The van der Waals surface area contributed by atoms with Gasteiger partial charge in [-0.05, 0) is 49.7 Å². The first-order valence-electron chi connectivity index (χ1n) is 8.97. The van der Waals surface area contributed by atoms with Crippen LogP contribution in [0.15, 0.2) is 47.8 Å². The van der Waals surface area contributed by atoms with Gasteiger partial charge in [0.15, 0.2) is 5.01 Å². The lowest BCUT2D eigenvalue weighted by Gasteiger charge is -2.08. The maximum absolute atomic E-state index is 12.3. The summed E-state index contributed by atoms with van der Waals surface area (Å²) in [6, 6.07) is 14.7. The minimum absolute atomic E-state index is 0.273. The summed E-state index contributed by atoms with van der Waals surface area (Å²) in [4.78, 5) is 9.04. The minimum atomic E-state index is -4.71. The molecule has 9 heteroatoms. The van der Waals surface area contributed by atoms with E-state index in [2.05, 4.69) is 31.9 Å². The van der Waals surface area contributed by atoms with Crippen molar-refractivity contribution in [2.75, 3.05) is 0 Å². The topological polar surface area (TPSA) is 52.8 Å². The molecule has 153 valence electrons. The highest BCUT2D eigenvalue weighted by molar-refractivity contribution is 7.13. The third kappa shape index (κ3) is 4.68. The molecule has 0 spiro atoms. The predicted octanol–water partition coefficient (Wildman–Crippen LogP) is 5.43. The molecule has 4 aromatic rings. The lowest BCUT2D eigenvalue weighted by atomic mass is 10.1. The van der Waals surface area contributed by atoms with Crippen LogP contribution < -0.4 is 4.74 Å². The van der Waals surface area contributed by atoms with Gasteiger partial charge in [0.25, 0.3) is 0 Å². The minimum Gasteiger partial charge on any atom is -0.406 e. The van der Waals surface area contributed by atoms with Gasteiger partial charge in [0.1, 0.15) is 11.6 Å². The Labute approximate surface area is 174 Å². The molecular weight excluding hydrogens is 413 g/mol. The van der Waals surface area contributed by atoms with Crippen LogP contribution in [0.2, 0.25) is 0 Å². The molecule has 0 bridgehead atoms. The number of thiazole rings is 1. The lowest BCUT2D eigenvalue weighted by molar-refractivity contribution is -0.274. The van der Waals surface area contributed by atoms with E-state index in [4.69, 9.17) is 0 Å². The molecular formula is C21H16F3N4OS. The van der Waals surface area contributed by atoms with Crippen LogP contribution in [0.25, 0.3) is 22.1 Å². The van der Waals surface area contributed by atoms with Gasteiger partial charge in [-0.3, -0.25) is 0 Å². The zero-order valence-electron chi connectivity index (χ0n) is 16.1. The van der Waals surface area contributed by atoms with Crippen LogP contribution in [0.5, 0.6) is 5.75 Å². The molecule has 2 aromatic carbocycles. The van der Waals surface area contributed by atoms with Crippen molar-refractivity contribution in [1.29, 1.82) is 0 Å². The predicted molar refractivity (Wildman–Crippen MR) is 107 cm³/mol. The average molecular weight is 429 g/mol. The zero-order valence-corrected chi connectivity index (χ0v) is 16.9. The number of alkyl halides is 3. The van der Waals surface area contributed by atoms with Crippen molar-refractivity contribution in [3.8, 4) is 27.8 Å². The molecule has 0 fully saturated rings. The molecule has 2 heterocycles. The van der Waals surface area contributed by atoms with Crippen LogP contribution in [-0.4, -0.2) is 26.1 Å². The molecule has 0 aliphatic carbocycles. The molecule has 0 atom stereocenters. The first-order valence-corrected chi connectivity index (χ1v) is 9.85. The summed E-state index contributed by atoms with van der Waals surface area (Å²) < 4.78 is 42.6. The number of halogens is 3. The first-order chi connectivity index (χ1) is 14.3. The Kier molecular flexibility index (Phi) is 5.29. The molecule has 0 unspecified atom stereocenters. The standard InChI is InChI=1S/C21H16F3N4OS/c1-13-4-3-5-15(10-13)11-28-14(2)25-19(27-28)20-26-18(12-30-20)16-6-8-17(9-7-16)29-21(22,23)24/h3-4,6-10,12H,11H2,1-2H3. The quantitative estimate of drug-likeness (QED) is 0.424. The second kappa shape index (κ2) is 7.91. The van der Waals surface area contributed by atoms with Crippen LogP contribution in [0.3, 0.4) is 0 Å². The van der Waals surface area contributed by atoms with Gasteiger partial charge in [-0.1, -0.05) is 23.8 Å². The van der Waals surface area contributed by atoms with Crippen molar-refractivity contribution in [2.24, 2.45) is 0 Å². The summed E-state index contributed by atoms with van der Waals surface area (Å²) in [6.07, 6.45) is -4.71. The van der Waals surface area contributed by atoms with Crippen molar-refractivity contribution < 1.29 is 17.9 Å². The molecule has 0 aliphatic rings. The molecule has 0 aliphatic heterocycles. The van der Waals surface area contributed by atoms with E-state index in [1.807, 2.05) is 31.4 Å². The summed E-state index contributed by atoms with van der Waals surface area (Å²) in [6.45, 7) is 4.45. The normalized spacial score (nSPS) is 11.6. The maximum Gasteiger partial charge on any atom is 0.573 e. The van der Waals surface area contributed by atoms with Crippen molar-refractivity contribution in [3.63, 3.8) is 0 Å². The van der Waals surface area contributed by atoms with Crippen molar-refractivity contribution in [2.45, 2.75) is 26.8 Å². The van der Waals surface area contributed by atoms with Gasteiger partial charge in [0.05, 0.1) is 12.2 Å². The Morgan fingerprint density at radius 1 is 1.10 bits per heavy atom. The molecule has 30 heavy (non-hydrogen) atoms. The molecule has 0 N–H and O–H groups in total. The average Bonchev–Trinajstić information content (AvgIpc) is 3.29.